The zero-order valence-electron chi connectivity index (χ0n) is 19.3. The van der Waals surface area contributed by atoms with Gasteiger partial charge in [0.2, 0.25) is 0 Å². The summed E-state index contributed by atoms with van der Waals surface area (Å²) in [6.07, 6.45) is 31.3. The van der Waals surface area contributed by atoms with Gasteiger partial charge in [-0.25, -0.2) is 0 Å². The number of hydrogen-bond donors (Lipinski definition) is 0. The van der Waals surface area contributed by atoms with E-state index in [4.69, 9.17) is 10.7 Å². The maximum Gasteiger partial charge on any atom is -0.0103 e. The summed E-state index contributed by atoms with van der Waals surface area (Å²) in [5.74, 6) is 2.44. The average Bonchev–Trinajstić information content (AvgIpc) is 2.66. The Morgan fingerprint density at radius 2 is 0.704 bits per heavy atom. The smallest absolute Gasteiger partial charge is 0.0103 e. The summed E-state index contributed by atoms with van der Waals surface area (Å²) in [5.41, 5.74) is 0. The number of halogens is 1. The molecule has 0 fully saturated rings. The Labute approximate surface area is 179 Å². The summed E-state index contributed by atoms with van der Waals surface area (Å²) in [6, 6.07) is 0. The Hall–Kier alpha value is 0.640. The monoisotopic (exact) mass is 420 g/mol. The lowest BCUT2D eigenvalue weighted by molar-refractivity contribution is 0.523. The normalized spacial score (nSPS) is 15.0. The van der Waals surface area contributed by atoms with Gasteiger partial charge in [0.05, 0.1) is 0 Å². The third-order valence-corrected chi connectivity index (χ3v) is 9.49. The second-order valence-corrected chi connectivity index (χ2v) is 14.4. The molecule has 2 heteroatoms. The lowest BCUT2D eigenvalue weighted by atomic mass is 10.0. The molecule has 0 aromatic heterocycles. The number of hydrogen-bond acceptors (Lipinski definition) is 0. The van der Waals surface area contributed by atoms with Crippen LogP contribution >= 0.6 is 19.9 Å². The number of rotatable bonds is 22. The molecule has 166 valence electrons. The van der Waals surface area contributed by atoms with Crippen molar-refractivity contribution >= 4 is 19.9 Å². The molecule has 0 aliphatic carbocycles. The summed E-state index contributed by atoms with van der Waals surface area (Å²) in [6.45, 7) is 4.53. The fourth-order valence-corrected chi connectivity index (χ4v) is 5.22. The number of unbranched alkanes of at least 4 members (excludes halogenated alkanes) is 19. The molecule has 0 radical (unpaired) electrons. The van der Waals surface area contributed by atoms with Gasteiger partial charge >= 0.3 is 0 Å². The predicted octanol–water partition coefficient (Wildman–Crippen LogP) is 10.4. The first-order chi connectivity index (χ1) is 13.1. The minimum absolute atomic E-state index is 0.771. The van der Waals surface area contributed by atoms with Gasteiger partial charge < -0.3 is 0 Å². The third-order valence-electron chi connectivity index (χ3n) is 6.03. The van der Waals surface area contributed by atoms with Crippen molar-refractivity contribution in [3.63, 3.8) is 0 Å². The lowest BCUT2D eigenvalue weighted by Gasteiger charge is -2.25. The lowest BCUT2D eigenvalue weighted by Crippen LogP contribution is -1.98. The van der Waals surface area contributed by atoms with Crippen LogP contribution in [0, 0.1) is 0 Å². The summed E-state index contributed by atoms with van der Waals surface area (Å²) in [4.78, 5) is 0. The first-order valence-corrected chi connectivity index (χ1v) is 15.8. The Balaban J connectivity index is 3.05. The van der Waals surface area contributed by atoms with E-state index in [1.165, 1.54) is 140 Å². The molecule has 27 heavy (non-hydrogen) atoms. The summed E-state index contributed by atoms with van der Waals surface area (Å²) in [7, 11) is 5.72. The highest BCUT2D eigenvalue weighted by atomic mass is 35.7. The molecule has 0 saturated carbocycles. The van der Waals surface area contributed by atoms with Crippen LogP contribution in [0.2, 0.25) is 0 Å². The van der Waals surface area contributed by atoms with Crippen molar-refractivity contribution in [1.82, 2.24) is 0 Å². The van der Waals surface area contributed by atoms with Crippen LogP contribution in [-0.4, -0.2) is 17.8 Å². The Kier molecular flexibility index (Phi) is 21.9. The summed E-state index contributed by atoms with van der Waals surface area (Å²) >= 11 is 0. The van der Waals surface area contributed by atoms with Crippen LogP contribution in [0.4, 0.5) is 0 Å². The van der Waals surface area contributed by atoms with E-state index in [0.29, 0.717) is 0 Å². The van der Waals surface area contributed by atoms with Crippen molar-refractivity contribution in [2.45, 2.75) is 142 Å². The minimum Gasteiger partial charge on any atom is -0.166 e. The molecule has 0 aliphatic heterocycles. The van der Waals surface area contributed by atoms with Gasteiger partial charge in [-0.1, -0.05) is 147 Å². The van der Waals surface area contributed by atoms with Crippen LogP contribution in [-0.2, 0) is 0 Å². The molecule has 1 atom stereocenters. The van der Waals surface area contributed by atoms with E-state index in [2.05, 4.69) is 20.1 Å². The van der Waals surface area contributed by atoms with E-state index in [0.717, 1.165) is 0 Å². The van der Waals surface area contributed by atoms with Gasteiger partial charge in [-0.3, -0.25) is 0 Å². The molecule has 0 aliphatic rings. The van der Waals surface area contributed by atoms with Gasteiger partial charge in [-0.2, -0.15) is 9.24 Å². The molecule has 0 N–H and O–H groups in total. The molecule has 0 saturated heterocycles. The van der Waals surface area contributed by atoms with E-state index >= 15 is 0 Å². The van der Waals surface area contributed by atoms with Gasteiger partial charge in [0.1, 0.15) is 0 Å². The van der Waals surface area contributed by atoms with Crippen LogP contribution in [0.1, 0.15) is 142 Å². The van der Waals surface area contributed by atoms with Crippen LogP contribution < -0.4 is 0 Å². The van der Waals surface area contributed by atoms with Gasteiger partial charge in [-0.15, -0.1) is 0 Å². The van der Waals surface area contributed by atoms with E-state index in [9.17, 15) is 0 Å². The van der Waals surface area contributed by atoms with Crippen molar-refractivity contribution in [2.75, 3.05) is 17.8 Å². The summed E-state index contributed by atoms with van der Waals surface area (Å²) < 4.78 is 0. The molecule has 0 spiro atoms. The zero-order valence-corrected chi connectivity index (χ0v) is 20.9. The van der Waals surface area contributed by atoms with Crippen molar-refractivity contribution in [1.29, 1.82) is 0 Å². The molecule has 0 aromatic carbocycles. The van der Waals surface area contributed by atoms with Crippen molar-refractivity contribution in [3.8, 4) is 0 Å². The highest BCUT2D eigenvalue weighted by molar-refractivity contribution is 8.50. The largest absolute Gasteiger partial charge is 0.166 e. The fraction of sp³-hybridized carbons (Fsp3) is 1.00. The molecule has 1 unspecified atom stereocenters. The quantitative estimate of drug-likeness (QED) is 0.153. The Morgan fingerprint density at radius 3 is 0.963 bits per heavy atom. The second kappa shape index (κ2) is 21.4. The predicted molar refractivity (Wildman–Crippen MR) is 133 cm³/mol. The van der Waals surface area contributed by atoms with Crippen LogP contribution in [0.5, 0.6) is 0 Å². The topological polar surface area (TPSA) is 0 Å². The molecule has 0 amide bonds. The van der Waals surface area contributed by atoms with Gasteiger partial charge in [-0.05, 0) is 24.2 Å². The third kappa shape index (κ3) is 22.8. The molecular formula is C25H53ClS. The first kappa shape index (κ1) is 27.6. The molecular weight excluding hydrogens is 368 g/mol. The Morgan fingerprint density at radius 1 is 0.444 bits per heavy atom. The van der Waals surface area contributed by atoms with Crippen LogP contribution in [0.25, 0.3) is 0 Å². The maximum absolute atomic E-state index is 6.49. The molecule has 0 nitrogen and oxygen atoms in total. The van der Waals surface area contributed by atoms with Gasteiger partial charge in [0.15, 0.2) is 0 Å². The van der Waals surface area contributed by atoms with E-state index in [1.807, 2.05) is 0 Å². The van der Waals surface area contributed by atoms with Crippen molar-refractivity contribution < 1.29 is 0 Å². The van der Waals surface area contributed by atoms with Crippen LogP contribution in [0.15, 0.2) is 0 Å². The SMILES string of the molecule is CCCCCCCCCCCCCCCCCCCCCCS(C)(Cl)CC. The van der Waals surface area contributed by atoms with Crippen LogP contribution in [0.3, 0.4) is 0 Å². The van der Waals surface area contributed by atoms with Gasteiger partial charge in [0, 0.05) is 0 Å². The molecule has 0 bridgehead atoms. The fourth-order valence-electron chi connectivity index (χ4n) is 3.80. The van der Waals surface area contributed by atoms with E-state index in [-0.39, 0.29) is 0 Å². The molecule has 0 aromatic rings. The van der Waals surface area contributed by atoms with Gasteiger partial charge in [0.25, 0.3) is 0 Å². The highest BCUT2D eigenvalue weighted by Gasteiger charge is 2.10. The maximum atomic E-state index is 6.49. The highest BCUT2D eigenvalue weighted by Crippen LogP contribution is 2.49. The first-order valence-electron chi connectivity index (χ1n) is 12.6. The minimum atomic E-state index is -0.771. The standard InChI is InChI=1S/C25H53ClS/c1-4-6-7-8-9-10-11-12-13-14-15-16-17-18-19-20-21-22-23-24-25-27(3,26)5-2/h4-25H2,1-3H3. The van der Waals surface area contributed by atoms with Crippen molar-refractivity contribution in [2.24, 2.45) is 0 Å². The van der Waals surface area contributed by atoms with E-state index < -0.39 is 9.24 Å². The second-order valence-electron chi connectivity index (χ2n) is 8.86. The Bertz CT molecular complexity index is 277. The van der Waals surface area contributed by atoms with E-state index in [1.54, 1.807) is 0 Å². The van der Waals surface area contributed by atoms with Crippen molar-refractivity contribution in [3.05, 3.63) is 0 Å². The molecule has 0 rings (SSSR count). The summed E-state index contributed by atoms with van der Waals surface area (Å²) in [5, 5.41) is 0. The molecule has 0 heterocycles. The average molecular weight is 421 g/mol. The zero-order chi connectivity index (χ0) is 20.1.